The van der Waals surface area contributed by atoms with Crippen molar-refractivity contribution in [2.24, 2.45) is 0 Å². The normalized spacial score (nSPS) is 17.2. The lowest BCUT2D eigenvalue weighted by molar-refractivity contribution is -0.138. The maximum absolute atomic E-state index is 13.1. The molecule has 122 valence electrons. The molecule has 0 amide bonds. The monoisotopic (exact) mass is 343 g/mol. The van der Waals surface area contributed by atoms with Crippen molar-refractivity contribution in [2.45, 2.75) is 10.8 Å². The fourth-order valence-corrected chi connectivity index (χ4v) is 4.73. The molecule has 2 aromatic heterocycles. The van der Waals surface area contributed by atoms with Crippen LogP contribution in [0.4, 0.5) is 5.69 Å². The van der Waals surface area contributed by atoms with E-state index in [1.165, 1.54) is 6.20 Å². The van der Waals surface area contributed by atoms with Crippen LogP contribution < -0.4 is 4.31 Å². The first-order chi connectivity index (χ1) is 11.5. The van der Waals surface area contributed by atoms with Crippen LogP contribution in [0.5, 0.6) is 0 Å². The van der Waals surface area contributed by atoms with Crippen LogP contribution in [0.15, 0.2) is 53.7 Å². The quantitative estimate of drug-likeness (QED) is 0.756. The van der Waals surface area contributed by atoms with Gasteiger partial charge in [-0.15, -0.1) is 0 Å². The lowest BCUT2D eigenvalue weighted by Gasteiger charge is -2.19. The van der Waals surface area contributed by atoms with Gasteiger partial charge in [0.2, 0.25) is 0 Å². The van der Waals surface area contributed by atoms with Crippen LogP contribution in [0.1, 0.15) is 11.5 Å². The number of benzene rings is 1. The Kier molecular flexibility index (Phi) is 3.10. The predicted molar refractivity (Wildman–Crippen MR) is 87.4 cm³/mol. The second-order valence-electron chi connectivity index (χ2n) is 5.54. The van der Waals surface area contributed by atoms with Gasteiger partial charge in [-0.2, -0.15) is 0 Å². The molecule has 1 aliphatic heterocycles. The first kappa shape index (κ1) is 14.7. The third-order valence-electron chi connectivity index (χ3n) is 4.21. The van der Waals surface area contributed by atoms with Crippen LogP contribution in [0, 0.1) is 0 Å². The minimum atomic E-state index is -3.90. The number of hydrogen-bond donors (Lipinski definition) is 2. The molecule has 1 atom stereocenters. The van der Waals surface area contributed by atoms with E-state index in [-0.39, 0.29) is 11.4 Å². The van der Waals surface area contributed by atoms with E-state index in [0.29, 0.717) is 22.3 Å². The number of nitrogens with zero attached hydrogens (tertiary/aromatic N) is 2. The highest BCUT2D eigenvalue weighted by atomic mass is 32.2. The molecule has 3 aromatic rings. The summed E-state index contributed by atoms with van der Waals surface area (Å²) >= 11 is 0. The number of anilines is 1. The minimum absolute atomic E-state index is 0.0893. The molecule has 2 N–H and O–H groups in total. The predicted octanol–water partition coefficient (Wildman–Crippen LogP) is 1.94. The Labute approximate surface area is 137 Å². The summed E-state index contributed by atoms with van der Waals surface area (Å²) in [6, 6.07) is 10.0. The van der Waals surface area contributed by atoms with Gasteiger partial charge in [-0.3, -0.25) is 9.10 Å². The summed E-state index contributed by atoms with van der Waals surface area (Å²) in [6.45, 7) is -0.121. The maximum Gasteiger partial charge on any atom is 0.312 e. The van der Waals surface area contributed by atoms with Gasteiger partial charge in [0, 0.05) is 17.8 Å². The van der Waals surface area contributed by atoms with Crippen molar-refractivity contribution >= 4 is 32.7 Å². The molecule has 0 unspecified atom stereocenters. The number of pyridine rings is 1. The SMILES string of the molecule is O=C(O)[C@@H]1CN(S(=O)(=O)c2c[nH]c3ncccc23)c2ccccc21. The van der Waals surface area contributed by atoms with Crippen LogP contribution in [-0.4, -0.2) is 36.0 Å². The molecular formula is C16H13N3O4S. The summed E-state index contributed by atoms with van der Waals surface area (Å²) in [5, 5.41) is 9.89. The van der Waals surface area contributed by atoms with Gasteiger partial charge in [-0.1, -0.05) is 18.2 Å². The number of nitrogens with one attached hydrogen (secondary N) is 1. The van der Waals surface area contributed by atoms with Crippen molar-refractivity contribution < 1.29 is 18.3 Å². The number of carboxylic acids is 1. The van der Waals surface area contributed by atoms with Crippen LogP contribution in [0.25, 0.3) is 11.0 Å². The summed E-state index contributed by atoms with van der Waals surface area (Å²) in [6.07, 6.45) is 2.96. The van der Waals surface area contributed by atoms with Gasteiger partial charge >= 0.3 is 5.97 Å². The Hall–Kier alpha value is -2.87. The molecule has 3 heterocycles. The van der Waals surface area contributed by atoms with E-state index in [2.05, 4.69) is 9.97 Å². The van der Waals surface area contributed by atoms with Crippen LogP contribution >= 0.6 is 0 Å². The molecule has 24 heavy (non-hydrogen) atoms. The zero-order chi connectivity index (χ0) is 16.9. The zero-order valence-corrected chi connectivity index (χ0v) is 13.2. The van der Waals surface area contributed by atoms with E-state index in [1.807, 2.05) is 0 Å². The second-order valence-corrected chi connectivity index (χ2v) is 7.37. The molecule has 0 bridgehead atoms. The maximum atomic E-state index is 13.1. The van der Waals surface area contributed by atoms with Gasteiger partial charge < -0.3 is 10.1 Å². The summed E-state index contributed by atoms with van der Waals surface area (Å²) in [5.41, 5.74) is 1.38. The van der Waals surface area contributed by atoms with Crippen molar-refractivity contribution in [3.63, 3.8) is 0 Å². The summed E-state index contributed by atoms with van der Waals surface area (Å²) in [4.78, 5) is 18.5. The highest BCUT2D eigenvalue weighted by Gasteiger charge is 2.40. The number of rotatable bonds is 3. The van der Waals surface area contributed by atoms with E-state index in [0.717, 1.165) is 4.31 Å². The number of H-pyrrole nitrogens is 1. The molecule has 0 fully saturated rings. The molecule has 7 nitrogen and oxygen atoms in total. The number of fused-ring (bicyclic) bond motifs is 2. The highest BCUT2D eigenvalue weighted by Crippen LogP contribution is 2.40. The topological polar surface area (TPSA) is 103 Å². The smallest absolute Gasteiger partial charge is 0.312 e. The van der Waals surface area contributed by atoms with E-state index < -0.39 is 21.9 Å². The summed E-state index contributed by atoms with van der Waals surface area (Å²) in [5.74, 6) is -1.92. The Morgan fingerprint density at radius 2 is 2.04 bits per heavy atom. The van der Waals surface area contributed by atoms with E-state index in [1.54, 1.807) is 42.6 Å². The van der Waals surface area contributed by atoms with Crippen LogP contribution in [0.2, 0.25) is 0 Å². The highest BCUT2D eigenvalue weighted by molar-refractivity contribution is 7.93. The molecule has 1 aromatic carbocycles. The Bertz CT molecular complexity index is 1060. The third-order valence-corrected chi connectivity index (χ3v) is 6.03. The van der Waals surface area contributed by atoms with Gasteiger partial charge in [-0.05, 0) is 23.8 Å². The molecule has 8 heteroatoms. The fourth-order valence-electron chi connectivity index (χ4n) is 3.07. The standard InChI is InChI=1S/C16H13N3O4S/c20-16(21)12-9-19(13-6-2-1-4-10(12)13)24(22,23)14-8-18-15-11(14)5-3-7-17-15/h1-8,12H,9H2,(H,17,18)(H,20,21)/t12-/m1/s1. The molecule has 1 aliphatic rings. The molecule has 0 radical (unpaired) electrons. The number of sulfonamides is 1. The molecule has 0 spiro atoms. The lowest BCUT2D eigenvalue weighted by atomic mass is 10.0. The largest absolute Gasteiger partial charge is 0.481 e. The first-order valence-corrected chi connectivity index (χ1v) is 8.71. The van der Waals surface area contributed by atoms with Gasteiger partial charge in [0.15, 0.2) is 0 Å². The number of aromatic amines is 1. The van der Waals surface area contributed by atoms with Crippen molar-refractivity contribution in [3.8, 4) is 0 Å². The zero-order valence-electron chi connectivity index (χ0n) is 12.4. The number of carbonyl (C=O) groups is 1. The Morgan fingerprint density at radius 1 is 1.25 bits per heavy atom. The first-order valence-electron chi connectivity index (χ1n) is 7.27. The van der Waals surface area contributed by atoms with Gasteiger partial charge in [0.05, 0.1) is 12.2 Å². The fraction of sp³-hybridized carbons (Fsp3) is 0.125. The average Bonchev–Trinajstić information content (AvgIpc) is 3.17. The second kappa shape index (κ2) is 5.07. The van der Waals surface area contributed by atoms with E-state index >= 15 is 0 Å². The molecule has 4 rings (SSSR count). The molecule has 0 saturated heterocycles. The molecular weight excluding hydrogens is 330 g/mol. The van der Waals surface area contributed by atoms with Gasteiger partial charge in [-0.25, -0.2) is 13.4 Å². The number of aromatic nitrogens is 2. The van der Waals surface area contributed by atoms with Gasteiger partial charge in [0.1, 0.15) is 16.5 Å². The van der Waals surface area contributed by atoms with E-state index in [9.17, 15) is 18.3 Å². The van der Waals surface area contributed by atoms with E-state index in [4.69, 9.17) is 0 Å². The van der Waals surface area contributed by atoms with Gasteiger partial charge in [0.25, 0.3) is 10.0 Å². The number of para-hydroxylation sites is 1. The number of aliphatic carboxylic acids is 1. The van der Waals surface area contributed by atoms with Crippen molar-refractivity contribution in [1.82, 2.24) is 9.97 Å². The number of carboxylic acid groups (broad SMARTS) is 1. The lowest BCUT2D eigenvalue weighted by Crippen LogP contribution is -2.31. The number of hydrogen-bond acceptors (Lipinski definition) is 4. The Balaban J connectivity index is 1.88. The van der Waals surface area contributed by atoms with Crippen molar-refractivity contribution in [3.05, 3.63) is 54.4 Å². The molecule has 0 aliphatic carbocycles. The molecule has 0 saturated carbocycles. The van der Waals surface area contributed by atoms with Crippen molar-refractivity contribution in [1.29, 1.82) is 0 Å². The summed E-state index contributed by atoms with van der Waals surface area (Å²) in [7, 11) is -3.90. The third kappa shape index (κ3) is 2.00. The van der Waals surface area contributed by atoms with Crippen LogP contribution in [-0.2, 0) is 14.8 Å². The Morgan fingerprint density at radius 3 is 2.83 bits per heavy atom. The minimum Gasteiger partial charge on any atom is -0.481 e. The average molecular weight is 343 g/mol. The van der Waals surface area contributed by atoms with Crippen molar-refractivity contribution in [2.75, 3.05) is 10.8 Å². The van der Waals surface area contributed by atoms with Crippen LogP contribution in [0.3, 0.4) is 0 Å². The summed E-state index contributed by atoms with van der Waals surface area (Å²) < 4.78 is 27.4.